The van der Waals surface area contributed by atoms with Crippen LogP contribution in [0.15, 0.2) is 59.9 Å². The molecule has 3 heterocycles. The quantitative estimate of drug-likeness (QED) is 0.348. The Morgan fingerprint density at radius 1 is 1.05 bits per heavy atom. The number of hydrogen-bond donors (Lipinski definition) is 0. The van der Waals surface area contributed by atoms with Crippen molar-refractivity contribution in [1.82, 2.24) is 19.4 Å². The van der Waals surface area contributed by atoms with Crippen molar-refractivity contribution in [3.63, 3.8) is 0 Å². The van der Waals surface area contributed by atoms with Gasteiger partial charge in [-0.25, -0.2) is 13.4 Å². The summed E-state index contributed by atoms with van der Waals surface area (Å²) in [6.45, 7) is 8.97. The molecule has 0 atom stereocenters. The summed E-state index contributed by atoms with van der Waals surface area (Å²) >= 11 is 0. The highest BCUT2D eigenvalue weighted by Gasteiger charge is 2.27. The number of benzene rings is 2. The first-order valence-corrected chi connectivity index (χ1v) is 15.3. The topological polar surface area (TPSA) is 103 Å². The highest BCUT2D eigenvalue weighted by Crippen LogP contribution is 2.33. The number of morpholine rings is 1. The van der Waals surface area contributed by atoms with E-state index in [1.165, 1.54) is 0 Å². The standard InChI is InChI=1S/C29H36N4O6S/c1-22(2)18-33-25(17-30-29(33)40(35,36)20-23-6-4-3-5-7-23)19-32(11-10-31-12-14-37-15-13-31)28(34)24-8-9-26-27(16-24)39-21-38-26/h3-9,16-17,22H,10-15,18-21H2,1-2H3. The molecule has 0 bridgehead atoms. The molecule has 1 fully saturated rings. The van der Waals surface area contributed by atoms with Crippen LogP contribution in [-0.2, 0) is 33.4 Å². The average Bonchev–Trinajstić information content (AvgIpc) is 3.58. The Balaban J connectivity index is 1.43. The van der Waals surface area contributed by atoms with E-state index in [1.54, 1.807) is 46.0 Å². The lowest BCUT2D eigenvalue weighted by Gasteiger charge is -2.30. The van der Waals surface area contributed by atoms with Crippen LogP contribution < -0.4 is 9.47 Å². The molecular formula is C29H36N4O6S. The number of ether oxygens (including phenoxy) is 3. The van der Waals surface area contributed by atoms with Crippen molar-refractivity contribution in [3.05, 3.63) is 71.5 Å². The van der Waals surface area contributed by atoms with Gasteiger partial charge in [0.2, 0.25) is 21.8 Å². The molecule has 3 aromatic rings. The molecule has 0 spiro atoms. The lowest BCUT2D eigenvalue weighted by molar-refractivity contribution is 0.0319. The van der Waals surface area contributed by atoms with Crippen LogP contribution in [0.3, 0.4) is 0 Å². The van der Waals surface area contributed by atoms with Gasteiger partial charge in [0.1, 0.15) is 0 Å². The van der Waals surface area contributed by atoms with E-state index in [1.807, 2.05) is 32.0 Å². The lowest BCUT2D eigenvalue weighted by Crippen LogP contribution is -2.43. The van der Waals surface area contributed by atoms with Gasteiger partial charge in [-0.1, -0.05) is 44.2 Å². The normalized spacial score (nSPS) is 15.5. The Bertz CT molecular complexity index is 1420. The Kier molecular flexibility index (Phi) is 8.72. The van der Waals surface area contributed by atoms with Gasteiger partial charge in [0.15, 0.2) is 11.5 Å². The van der Waals surface area contributed by atoms with Crippen LogP contribution in [0.5, 0.6) is 11.5 Å². The second-order valence-corrected chi connectivity index (χ2v) is 12.4. The number of hydrogen-bond acceptors (Lipinski definition) is 8. The SMILES string of the molecule is CC(C)Cn1c(CN(CCN2CCOCC2)C(=O)c2ccc3c(c2)OCO3)cnc1S(=O)(=O)Cc1ccccc1. The zero-order valence-corrected chi connectivity index (χ0v) is 23.8. The summed E-state index contributed by atoms with van der Waals surface area (Å²) in [4.78, 5) is 22.3. The van der Waals surface area contributed by atoms with Crippen LogP contribution in [0, 0.1) is 5.92 Å². The van der Waals surface area contributed by atoms with E-state index in [2.05, 4.69) is 9.88 Å². The Morgan fingerprint density at radius 3 is 2.55 bits per heavy atom. The average molecular weight is 569 g/mol. The maximum atomic E-state index is 13.8. The molecule has 1 aromatic heterocycles. The molecule has 10 nitrogen and oxygen atoms in total. The minimum Gasteiger partial charge on any atom is -0.454 e. The molecule has 5 rings (SSSR count). The first-order valence-electron chi connectivity index (χ1n) is 13.6. The second-order valence-electron chi connectivity index (χ2n) is 10.5. The van der Waals surface area contributed by atoms with Crippen LogP contribution in [0.1, 0.15) is 35.5 Å². The van der Waals surface area contributed by atoms with Crippen molar-refractivity contribution < 1.29 is 27.4 Å². The van der Waals surface area contributed by atoms with Crippen LogP contribution >= 0.6 is 0 Å². The third-order valence-corrected chi connectivity index (χ3v) is 8.57. The largest absolute Gasteiger partial charge is 0.454 e. The highest BCUT2D eigenvalue weighted by atomic mass is 32.2. The fourth-order valence-corrected chi connectivity index (χ4v) is 6.43. The van der Waals surface area contributed by atoms with Gasteiger partial charge < -0.3 is 23.7 Å². The zero-order valence-electron chi connectivity index (χ0n) is 23.0. The van der Waals surface area contributed by atoms with Gasteiger partial charge in [-0.3, -0.25) is 9.69 Å². The maximum Gasteiger partial charge on any atom is 0.254 e. The molecule has 0 N–H and O–H groups in total. The molecule has 2 aliphatic heterocycles. The first kappa shape index (κ1) is 28.1. The third kappa shape index (κ3) is 6.65. The number of aromatic nitrogens is 2. The summed E-state index contributed by atoms with van der Waals surface area (Å²) in [5.74, 6) is 1.01. The number of fused-ring (bicyclic) bond motifs is 1. The van der Waals surface area contributed by atoms with E-state index in [0.29, 0.717) is 61.2 Å². The van der Waals surface area contributed by atoms with Gasteiger partial charge in [0, 0.05) is 38.3 Å². The molecule has 40 heavy (non-hydrogen) atoms. The molecule has 214 valence electrons. The molecular weight excluding hydrogens is 532 g/mol. The number of sulfone groups is 1. The molecule has 2 aromatic carbocycles. The number of carbonyl (C=O) groups excluding carboxylic acids is 1. The summed E-state index contributed by atoms with van der Waals surface area (Å²) in [5.41, 5.74) is 1.86. The van der Waals surface area contributed by atoms with E-state index in [0.717, 1.165) is 13.1 Å². The monoisotopic (exact) mass is 568 g/mol. The summed E-state index contributed by atoms with van der Waals surface area (Å²) in [5, 5.41) is 0.0312. The molecule has 1 amide bonds. The van der Waals surface area contributed by atoms with Crippen LogP contribution in [-0.4, -0.2) is 79.9 Å². The van der Waals surface area contributed by atoms with Gasteiger partial charge in [0.25, 0.3) is 5.91 Å². The minimum atomic E-state index is -3.72. The van der Waals surface area contributed by atoms with Gasteiger partial charge in [-0.15, -0.1) is 0 Å². The Morgan fingerprint density at radius 2 is 1.80 bits per heavy atom. The van der Waals surface area contributed by atoms with Crippen LogP contribution in [0.4, 0.5) is 0 Å². The van der Waals surface area contributed by atoms with Crippen molar-refractivity contribution in [2.75, 3.05) is 46.2 Å². The molecule has 0 radical (unpaired) electrons. The molecule has 0 aliphatic carbocycles. The predicted molar refractivity (Wildman–Crippen MR) is 149 cm³/mol. The fraction of sp³-hybridized carbons (Fsp3) is 0.448. The summed E-state index contributed by atoms with van der Waals surface area (Å²) < 4.78 is 45.1. The number of amides is 1. The van der Waals surface area contributed by atoms with Crippen molar-refractivity contribution in [3.8, 4) is 11.5 Å². The van der Waals surface area contributed by atoms with E-state index in [-0.39, 0.29) is 36.1 Å². The molecule has 11 heteroatoms. The predicted octanol–water partition coefficient (Wildman–Crippen LogP) is 3.22. The van der Waals surface area contributed by atoms with Gasteiger partial charge in [-0.05, 0) is 29.7 Å². The van der Waals surface area contributed by atoms with Crippen molar-refractivity contribution >= 4 is 15.7 Å². The lowest BCUT2D eigenvalue weighted by atomic mass is 10.1. The van der Waals surface area contributed by atoms with Gasteiger partial charge in [0.05, 0.1) is 37.4 Å². The number of nitrogens with zero attached hydrogens (tertiary/aromatic N) is 4. The smallest absolute Gasteiger partial charge is 0.254 e. The maximum absolute atomic E-state index is 13.8. The zero-order chi connectivity index (χ0) is 28.1. The molecule has 2 aliphatic rings. The van der Waals surface area contributed by atoms with Gasteiger partial charge in [-0.2, -0.15) is 0 Å². The fourth-order valence-electron chi connectivity index (χ4n) is 4.93. The Hall–Kier alpha value is -3.41. The minimum absolute atomic E-state index is 0.0312. The first-order chi connectivity index (χ1) is 19.3. The summed E-state index contributed by atoms with van der Waals surface area (Å²) in [6, 6.07) is 14.3. The van der Waals surface area contributed by atoms with Crippen LogP contribution in [0.2, 0.25) is 0 Å². The summed E-state index contributed by atoms with van der Waals surface area (Å²) in [6.07, 6.45) is 1.59. The van der Waals surface area contributed by atoms with E-state index < -0.39 is 9.84 Å². The van der Waals surface area contributed by atoms with E-state index in [4.69, 9.17) is 14.2 Å². The van der Waals surface area contributed by atoms with E-state index in [9.17, 15) is 13.2 Å². The van der Waals surface area contributed by atoms with Crippen molar-refractivity contribution in [2.45, 2.75) is 37.8 Å². The van der Waals surface area contributed by atoms with Crippen molar-refractivity contribution in [2.24, 2.45) is 5.92 Å². The van der Waals surface area contributed by atoms with Crippen LogP contribution in [0.25, 0.3) is 0 Å². The number of rotatable bonds is 11. The number of imidazole rings is 1. The summed E-state index contributed by atoms with van der Waals surface area (Å²) in [7, 11) is -3.72. The number of carbonyl (C=O) groups is 1. The molecule has 1 saturated heterocycles. The Labute approximate surface area is 235 Å². The third-order valence-electron chi connectivity index (χ3n) is 6.98. The van der Waals surface area contributed by atoms with Gasteiger partial charge >= 0.3 is 0 Å². The van der Waals surface area contributed by atoms with E-state index >= 15 is 0 Å². The molecule has 0 saturated carbocycles. The highest BCUT2D eigenvalue weighted by molar-refractivity contribution is 7.90. The molecule has 0 unspecified atom stereocenters. The second kappa shape index (κ2) is 12.4. The van der Waals surface area contributed by atoms with Crippen molar-refractivity contribution in [1.29, 1.82) is 0 Å².